The van der Waals surface area contributed by atoms with Gasteiger partial charge in [0.2, 0.25) is 5.78 Å². The zero-order valence-corrected chi connectivity index (χ0v) is 23.5. The monoisotopic (exact) mass is 615 g/mol. The first-order valence-corrected chi connectivity index (χ1v) is 14.7. The van der Waals surface area contributed by atoms with Gasteiger partial charge in [0.25, 0.3) is 5.92 Å². The summed E-state index contributed by atoms with van der Waals surface area (Å²) in [6.45, 7) is 0.901. The van der Waals surface area contributed by atoms with E-state index in [2.05, 4.69) is 20.3 Å². The highest BCUT2D eigenvalue weighted by Gasteiger charge is 2.44. The van der Waals surface area contributed by atoms with Crippen molar-refractivity contribution in [1.82, 2.24) is 19.7 Å². The van der Waals surface area contributed by atoms with Crippen molar-refractivity contribution >= 4 is 44.8 Å². The predicted octanol–water partition coefficient (Wildman–Crippen LogP) is 3.12. The second kappa shape index (κ2) is 11.0. The highest BCUT2D eigenvalue weighted by Crippen LogP contribution is 2.44. The molecule has 0 spiro atoms. The minimum Gasteiger partial charge on any atom is -0.390 e. The minimum atomic E-state index is -4.01. The first kappa shape index (κ1) is 28.9. The summed E-state index contributed by atoms with van der Waals surface area (Å²) in [7, 11) is -2.81. The Morgan fingerprint density at radius 2 is 2.10 bits per heavy atom. The Balaban J connectivity index is 1.39. The van der Waals surface area contributed by atoms with E-state index in [-0.39, 0.29) is 40.6 Å². The number of nitrogens with one attached hydrogen (secondary N) is 2. The van der Waals surface area contributed by atoms with Crippen molar-refractivity contribution in [2.75, 3.05) is 19.0 Å². The lowest BCUT2D eigenvalue weighted by Crippen LogP contribution is -2.31. The third-order valence-electron chi connectivity index (χ3n) is 6.70. The van der Waals surface area contributed by atoms with Crippen molar-refractivity contribution in [3.63, 3.8) is 0 Å². The van der Waals surface area contributed by atoms with Crippen LogP contribution in [0.1, 0.15) is 55.9 Å². The maximum atomic E-state index is 14.5. The molecule has 3 N–H and O–H groups in total. The van der Waals surface area contributed by atoms with Gasteiger partial charge in [0.05, 0.1) is 22.2 Å². The first-order valence-electron chi connectivity index (χ1n) is 12.1. The van der Waals surface area contributed by atoms with Gasteiger partial charge in [-0.25, -0.2) is 15.0 Å². The molecule has 40 heavy (non-hydrogen) atoms. The molecule has 1 aliphatic heterocycles. The highest BCUT2D eigenvalue weighted by atomic mass is 35.5. The Bertz CT molecular complexity index is 1560. The van der Waals surface area contributed by atoms with Gasteiger partial charge in [-0.05, 0) is 38.0 Å². The predicted molar refractivity (Wildman–Crippen MR) is 141 cm³/mol. The maximum Gasteiger partial charge on any atom is 0.335 e. The number of rotatable bonds is 8. The summed E-state index contributed by atoms with van der Waals surface area (Å²) in [5.74, 6) is -3.47. The van der Waals surface area contributed by atoms with E-state index >= 15 is 0 Å². The van der Waals surface area contributed by atoms with Gasteiger partial charge in [-0.1, -0.05) is 11.6 Å². The lowest BCUT2D eigenvalue weighted by Gasteiger charge is -2.30. The average Bonchev–Trinajstić information content (AvgIpc) is 3.45. The van der Waals surface area contributed by atoms with E-state index in [1.165, 1.54) is 31.7 Å². The average molecular weight is 616 g/mol. The van der Waals surface area contributed by atoms with Crippen molar-refractivity contribution < 1.29 is 36.0 Å². The lowest BCUT2D eigenvalue weighted by atomic mass is 9.95. The second-order valence-corrected chi connectivity index (χ2v) is 12.5. The van der Waals surface area contributed by atoms with E-state index in [1.807, 2.05) is 4.72 Å². The summed E-state index contributed by atoms with van der Waals surface area (Å²) in [5, 5.41) is 13.4. The summed E-state index contributed by atoms with van der Waals surface area (Å²) in [6.07, 6.45) is -0.101. The molecular formula is C24H24ClF2N5O6S2. The zero-order chi connectivity index (χ0) is 28.8. The molecule has 3 aromatic heterocycles. The zero-order valence-electron chi connectivity index (χ0n) is 21.1. The molecule has 16 heteroatoms. The van der Waals surface area contributed by atoms with Gasteiger partial charge in [-0.3, -0.25) is 8.98 Å². The van der Waals surface area contributed by atoms with E-state index in [4.69, 9.17) is 20.5 Å². The lowest BCUT2D eigenvalue weighted by molar-refractivity contribution is -0.117. The maximum absolute atomic E-state index is 14.5. The van der Waals surface area contributed by atoms with Crippen molar-refractivity contribution in [2.24, 2.45) is 0 Å². The fraction of sp³-hybridized carbons (Fsp3) is 0.417. The number of aryl methyl sites for hydroxylation is 1. The van der Waals surface area contributed by atoms with Crippen LogP contribution in [-0.4, -0.2) is 66.2 Å². The second-order valence-electron chi connectivity index (χ2n) is 9.37. The number of fused-ring (bicyclic) bond motifs is 1. The molecule has 0 unspecified atom stereocenters. The Kier molecular flexibility index (Phi) is 7.91. The van der Waals surface area contributed by atoms with Crippen LogP contribution in [0, 0.1) is 6.92 Å². The number of halogens is 3. The molecule has 1 fully saturated rings. The van der Waals surface area contributed by atoms with E-state index in [0.717, 1.165) is 11.3 Å². The molecule has 1 aliphatic carbocycles. The standard InChI is InChI=1S/C24H24ClF2N5O6S2/c1-11-13(22-20-15(3-4-19(25)32-20)24(26,27)9-37-22)7-18(39-11)21(34)14-8-29-10-30-23(14)31-12-5-16(33)17(6-12)38-40(35,36)28-2/h3-4,7-8,10,12,16-17,22,28,33H,5-6,9H2,1-2H3,(H,29,30,31)/t12-,16+,17-,22-/m1/s1. The Morgan fingerprint density at radius 1 is 1.32 bits per heavy atom. The summed E-state index contributed by atoms with van der Waals surface area (Å²) in [5.41, 5.74) is 0.356. The SMILES string of the molecule is CNS(=O)(=O)O[C@@H]1C[C@H](Nc2ncncc2C(=O)c2cc([C@H]3OCC(F)(F)c4ccc(Cl)nc43)c(C)s2)C[C@@H]1O. The third-order valence-corrected chi connectivity index (χ3v) is 8.97. The highest BCUT2D eigenvalue weighted by molar-refractivity contribution is 7.84. The fourth-order valence-electron chi connectivity index (χ4n) is 4.76. The van der Waals surface area contributed by atoms with E-state index in [0.29, 0.717) is 15.3 Å². The smallest absolute Gasteiger partial charge is 0.335 e. The molecule has 0 amide bonds. The Hall–Kier alpha value is -2.66. The molecule has 4 heterocycles. The minimum absolute atomic E-state index is 0.00843. The molecule has 3 aromatic rings. The van der Waals surface area contributed by atoms with Crippen LogP contribution in [0.4, 0.5) is 14.6 Å². The Labute approximate surface area is 237 Å². The van der Waals surface area contributed by atoms with Crippen molar-refractivity contribution in [1.29, 1.82) is 0 Å². The first-order chi connectivity index (χ1) is 18.9. The summed E-state index contributed by atoms with van der Waals surface area (Å²) in [4.78, 5) is 26.8. The van der Waals surface area contributed by atoms with Crippen molar-refractivity contribution in [3.05, 3.63) is 68.0 Å². The van der Waals surface area contributed by atoms with Gasteiger partial charge in [-0.15, -0.1) is 11.3 Å². The molecule has 214 valence electrons. The van der Waals surface area contributed by atoms with Crippen LogP contribution in [0.15, 0.2) is 30.7 Å². The molecule has 11 nitrogen and oxygen atoms in total. The van der Waals surface area contributed by atoms with Gasteiger partial charge in [0.1, 0.15) is 36.1 Å². The summed E-state index contributed by atoms with van der Waals surface area (Å²) >= 11 is 7.16. The topological polar surface area (TPSA) is 153 Å². The molecule has 4 atom stereocenters. The summed E-state index contributed by atoms with van der Waals surface area (Å²) in [6, 6.07) is 3.66. The number of aromatic nitrogens is 3. The number of alkyl halides is 2. The number of ether oxygens (including phenoxy) is 1. The summed E-state index contributed by atoms with van der Waals surface area (Å²) < 4.78 is 65.0. The number of hydrogen-bond acceptors (Lipinski definition) is 11. The van der Waals surface area contributed by atoms with Crippen LogP contribution in [0.25, 0.3) is 0 Å². The van der Waals surface area contributed by atoms with Crippen LogP contribution >= 0.6 is 22.9 Å². The van der Waals surface area contributed by atoms with Crippen molar-refractivity contribution in [2.45, 2.75) is 50.0 Å². The molecule has 0 radical (unpaired) electrons. The molecule has 0 aromatic carbocycles. The number of ketones is 1. The van der Waals surface area contributed by atoms with Gasteiger partial charge < -0.3 is 15.2 Å². The largest absolute Gasteiger partial charge is 0.390 e. The van der Waals surface area contributed by atoms with Crippen LogP contribution < -0.4 is 10.0 Å². The van der Waals surface area contributed by atoms with Crippen LogP contribution in [0.3, 0.4) is 0 Å². The van der Waals surface area contributed by atoms with Gasteiger partial charge >= 0.3 is 10.3 Å². The number of carbonyl (C=O) groups excluding carboxylic acids is 1. The number of nitrogens with zero attached hydrogens (tertiary/aromatic N) is 3. The van der Waals surface area contributed by atoms with Crippen LogP contribution in [-0.2, 0) is 25.1 Å². The normalized spacial score (nSPS) is 24.1. The fourth-order valence-corrected chi connectivity index (χ4v) is 6.54. The van der Waals surface area contributed by atoms with Gasteiger partial charge in [-0.2, -0.15) is 21.9 Å². The number of carbonyl (C=O) groups is 1. The quantitative estimate of drug-likeness (QED) is 0.254. The molecule has 2 aliphatic rings. The van der Waals surface area contributed by atoms with Crippen LogP contribution in [0.2, 0.25) is 5.15 Å². The van der Waals surface area contributed by atoms with E-state index in [9.17, 15) is 27.1 Å². The molecule has 5 rings (SSSR count). The Morgan fingerprint density at radius 3 is 2.85 bits per heavy atom. The number of hydrogen-bond donors (Lipinski definition) is 3. The van der Waals surface area contributed by atoms with Gasteiger partial charge in [0.15, 0.2) is 0 Å². The number of thiophene rings is 1. The molecular weight excluding hydrogens is 592 g/mol. The molecule has 0 bridgehead atoms. The van der Waals surface area contributed by atoms with E-state index in [1.54, 1.807) is 13.0 Å². The molecule has 1 saturated carbocycles. The number of aliphatic hydroxyl groups is 1. The molecule has 0 saturated heterocycles. The van der Waals surface area contributed by atoms with E-state index < -0.39 is 53.0 Å². The van der Waals surface area contributed by atoms with Crippen LogP contribution in [0.5, 0.6) is 0 Å². The number of anilines is 1. The number of pyridine rings is 1. The van der Waals surface area contributed by atoms with Crippen molar-refractivity contribution in [3.8, 4) is 0 Å². The third kappa shape index (κ3) is 5.72. The number of aliphatic hydroxyl groups excluding tert-OH is 1. The van der Waals surface area contributed by atoms with Gasteiger partial charge in [0, 0.05) is 35.3 Å².